The Balaban J connectivity index is 1.11. The first-order chi connectivity index (χ1) is 22.6. The van der Waals surface area contributed by atoms with Gasteiger partial charge in [-0.25, -0.2) is 14.8 Å². The summed E-state index contributed by atoms with van der Waals surface area (Å²) in [7, 11) is 0. The van der Waals surface area contributed by atoms with E-state index in [0.717, 1.165) is 25.1 Å². The number of hydrogen-bond donors (Lipinski definition) is 1. The first kappa shape index (κ1) is 32.2. The molecule has 246 valence electrons. The quantitative estimate of drug-likeness (QED) is 0.149. The number of likely N-dealkylation sites (tertiary alicyclic amines) is 2. The van der Waals surface area contributed by atoms with Gasteiger partial charge < -0.3 is 24.4 Å². The third kappa shape index (κ3) is 7.47. The minimum Gasteiger partial charge on any atom is -0.486 e. The molecule has 2 aliphatic heterocycles. The number of pyridine rings is 1. The molecule has 0 saturated carbocycles. The van der Waals surface area contributed by atoms with Gasteiger partial charge in [0.05, 0.1) is 32.6 Å². The molecule has 13 nitrogen and oxygen atoms in total. The second-order valence-electron chi connectivity index (χ2n) is 12.5. The van der Waals surface area contributed by atoms with Crippen LogP contribution in [-0.2, 0) is 11.3 Å². The number of carbonyl (C=O) groups excluding carboxylic acids is 1. The van der Waals surface area contributed by atoms with E-state index in [9.17, 15) is 14.9 Å². The molecular weight excluding hydrogens is 626 g/mol. The van der Waals surface area contributed by atoms with Crippen molar-refractivity contribution in [3.8, 4) is 11.5 Å². The third-order valence-electron chi connectivity index (χ3n) is 8.16. The average molecular weight is 662 g/mol. The molecule has 2 aromatic heterocycles. The van der Waals surface area contributed by atoms with Gasteiger partial charge in [0.2, 0.25) is 0 Å². The number of ether oxygens (including phenoxy) is 3. The molecule has 2 aromatic carbocycles. The van der Waals surface area contributed by atoms with Gasteiger partial charge in [-0.15, -0.1) is 0 Å². The van der Waals surface area contributed by atoms with E-state index in [1.807, 2.05) is 43.9 Å². The number of anilines is 2. The molecule has 0 radical (unpaired) electrons. The smallest absolute Gasteiger partial charge is 0.410 e. The fraction of sp³-hybridized carbons (Fsp3) is 0.394. The molecule has 4 aromatic rings. The van der Waals surface area contributed by atoms with Gasteiger partial charge >= 0.3 is 11.8 Å². The van der Waals surface area contributed by atoms with E-state index in [1.54, 1.807) is 30.5 Å². The Hall–Kier alpha value is -4.75. The van der Waals surface area contributed by atoms with Crippen LogP contribution in [0.1, 0.15) is 39.3 Å². The number of nitrogens with one attached hydrogen (secondary N) is 1. The van der Waals surface area contributed by atoms with Crippen molar-refractivity contribution in [1.29, 1.82) is 0 Å². The van der Waals surface area contributed by atoms with Crippen LogP contribution in [0.2, 0.25) is 5.02 Å². The molecule has 4 heterocycles. The molecule has 0 spiro atoms. The summed E-state index contributed by atoms with van der Waals surface area (Å²) in [4.78, 5) is 41.4. The molecular formula is C33H36ClN7O6. The van der Waals surface area contributed by atoms with Crippen LogP contribution in [0, 0.1) is 10.1 Å². The number of rotatable bonds is 10. The minimum absolute atomic E-state index is 0.0904. The topological polar surface area (TPSA) is 145 Å². The number of nitro groups is 1. The maximum Gasteiger partial charge on any atom is 0.410 e. The van der Waals surface area contributed by atoms with Crippen LogP contribution >= 0.6 is 11.6 Å². The van der Waals surface area contributed by atoms with E-state index in [0.29, 0.717) is 46.3 Å². The van der Waals surface area contributed by atoms with E-state index in [2.05, 4.69) is 25.2 Å². The number of nitro benzene ring substituents is 1. The van der Waals surface area contributed by atoms with E-state index in [1.165, 1.54) is 12.4 Å². The lowest BCUT2D eigenvalue weighted by molar-refractivity contribution is -0.385. The Morgan fingerprint density at radius 2 is 1.87 bits per heavy atom. The zero-order valence-electron chi connectivity index (χ0n) is 26.4. The lowest BCUT2D eigenvalue weighted by Crippen LogP contribution is -2.42. The first-order valence-corrected chi connectivity index (χ1v) is 15.8. The van der Waals surface area contributed by atoms with Crippen molar-refractivity contribution in [1.82, 2.24) is 24.8 Å². The highest BCUT2D eigenvalue weighted by molar-refractivity contribution is 6.32. The standard InChI is InChI=1S/C33H36ClN7O6/c1-33(2,3)47-32(42)40-13-10-26-27(40)9-12-39(26)14-15-45-30-18-25-23(17-28(30)41(43)44)31(37-20-36-25)38-21-7-8-29(24(34)16-21)46-19-22-6-4-5-11-35-22/h4-8,11,16-18,20,26-27H,9-10,12-15,19H2,1-3H3,(H,36,37,38). The summed E-state index contributed by atoms with van der Waals surface area (Å²) in [6, 6.07) is 14.0. The van der Waals surface area contributed by atoms with Crippen LogP contribution in [0.3, 0.4) is 0 Å². The molecule has 2 unspecified atom stereocenters. The van der Waals surface area contributed by atoms with Crippen LogP contribution in [0.4, 0.5) is 22.0 Å². The second-order valence-corrected chi connectivity index (χ2v) is 12.9. The number of nitrogens with zero attached hydrogens (tertiary/aromatic N) is 6. The molecule has 2 atom stereocenters. The van der Waals surface area contributed by atoms with Crippen molar-refractivity contribution in [3.05, 3.63) is 81.9 Å². The van der Waals surface area contributed by atoms with Gasteiger partial charge in [0.1, 0.15) is 36.7 Å². The summed E-state index contributed by atoms with van der Waals surface area (Å²) >= 11 is 6.49. The number of benzene rings is 2. The predicted molar refractivity (Wildman–Crippen MR) is 176 cm³/mol. The van der Waals surface area contributed by atoms with Crippen LogP contribution in [0.15, 0.2) is 61.1 Å². The van der Waals surface area contributed by atoms with Gasteiger partial charge in [-0.2, -0.15) is 0 Å². The van der Waals surface area contributed by atoms with E-state index >= 15 is 0 Å². The maximum atomic E-state index is 12.7. The van der Waals surface area contributed by atoms with Gasteiger partial charge in [-0.3, -0.25) is 20.0 Å². The van der Waals surface area contributed by atoms with Crippen molar-refractivity contribution in [2.45, 2.75) is 57.9 Å². The zero-order valence-corrected chi connectivity index (χ0v) is 27.1. The molecule has 0 bridgehead atoms. The highest BCUT2D eigenvalue weighted by Crippen LogP contribution is 2.37. The largest absolute Gasteiger partial charge is 0.486 e. The average Bonchev–Trinajstić information content (AvgIpc) is 3.63. The Kier molecular flexibility index (Phi) is 9.28. The summed E-state index contributed by atoms with van der Waals surface area (Å²) in [5.74, 6) is 0.995. The normalized spacial score (nSPS) is 17.8. The number of amides is 1. The fourth-order valence-electron chi connectivity index (χ4n) is 6.07. The summed E-state index contributed by atoms with van der Waals surface area (Å²) in [6.45, 7) is 8.12. The summed E-state index contributed by atoms with van der Waals surface area (Å²) in [5.41, 5.74) is 1.13. The van der Waals surface area contributed by atoms with Crippen molar-refractivity contribution in [3.63, 3.8) is 0 Å². The van der Waals surface area contributed by atoms with Crippen molar-refractivity contribution in [2.75, 3.05) is 31.6 Å². The Morgan fingerprint density at radius 3 is 2.62 bits per heavy atom. The molecule has 2 aliphatic rings. The monoisotopic (exact) mass is 661 g/mol. The molecule has 6 rings (SSSR count). The molecule has 1 amide bonds. The maximum absolute atomic E-state index is 12.7. The predicted octanol–water partition coefficient (Wildman–Crippen LogP) is 6.37. The SMILES string of the molecule is CC(C)(C)OC(=O)N1CCC2C1CCN2CCOc1cc2ncnc(Nc3ccc(OCc4ccccn4)c(Cl)c3)c2cc1[N+](=O)[O-]. The van der Waals surface area contributed by atoms with E-state index in [4.69, 9.17) is 25.8 Å². The van der Waals surface area contributed by atoms with E-state index < -0.39 is 10.5 Å². The molecule has 1 N–H and O–H groups in total. The zero-order chi connectivity index (χ0) is 33.1. The lowest BCUT2D eigenvalue weighted by atomic mass is 10.1. The summed E-state index contributed by atoms with van der Waals surface area (Å²) in [6.07, 6.45) is 4.49. The summed E-state index contributed by atoms with van der Waals surface area (Å²) in [5, 5.41) is 16.1. The Labute approximate surface area is 277 Å². The molecule has 14 heteroatoms. The molecule has 0 aliphatic carbocycles. The minimum atomic E-state index is -0.548. The van der Waals surface area contributed by atoms with Crippen molar-refractivity contribution < 1.29 is 23.9 Å². The van der Waals surface area contributed by atoms with Crippen molar-refractivity contribution >= 4 is 45.8 Å². The van der Waals surface area contributed by atoms with Gasteiger partial charge in [0.15, 0.2) is 5.75 Å². The number of aromatic nitrogens is 3. The van der Waals surface area contributed by atoms with Gasteiger partial charge in [-0.05, 0) is 63.9 Å². The van der Waals surface area contributed by atoms with Crippen LogP contribution in [0.5, 0.6) is 11.5 Å². The van der Waals surface area contributed by atoms with Gasteiger partial charge in [0.25, 0.3) is 0 Å². The van der Waals surface area contributed by atoms with Gasteiger partial charge in [0, 0.05) is 49.7 Å². The van der Waals surface area contributed by atoms with Crippen LogP contribution in [0.25, 0.3) is 10.9 Å². The summed E-state index contributed by atoms with van der Waals surface area (Å²) < 4.78 is 17.4. The highest BCUT2D eigenvalue weighted by atomic mass is 35.5. The fourth-order valence-corrected chi connectivity index (χ4v) is 6.31. The van der Waals surface area contributed by atoms with Crippen LogP contribution in [-0.4, -0.2) is 79.7 Å². The van der Waals surface area contributed by atoms with Crippen molar-refractivity contribution in [2.24, 2.45) is 0 Å². The molecule has 47 heavy (non-hydrogen) atoms. The van der Waals surface area contributed by atoms with Gasteiger partial charge in [-0.1, -0.05) is 17.7 Å². The highest BCUT2D eigenvalue weighted by Gasteiger charge is 2.45. The van der Waals surface area contributed by atoms with E-state index in [-0.39, 0.29) is 42.8 Å². The van der Waals surface area contributed by atoms with Crippen LogP contribution < -0.4 is 14.8 Å². The first-order valence-electron chi connectivity index (χ1n) is 15.4. The Morgan fingerprint density at radius 1 is 1.04 bits per heavy atom. The Bertz CT molecular complexity index is 1770. The number of hydrogen-bond acceptors (Lipinski definition) is 11. The number of halogens is 1. The molecule has 2 saturated heterocycles. The number of carbonyl (C=O) groups is 1. The lowest BCUT2D eigenvalue weighted by Gasteiger charge is -2.28. The second kappa shape index (κ2) is 13.5. The molecule has 2 fully saturated rings. The number of fused-ring (bicyclic) bond motifs is 2. The third-order valence-corrected chi connectivity index (χ3v) is 8.46.